The van der Waals surface area contributed by atoms with Gasteiger partial charge in [0.05, 0.1) is 18.9 Å². The highest BCUT2D eigenvalue weighted by Crippen LogP contribution is 2.30. The second-order valence-corrected chi connectivity index (χ2v) is 6.65. The first-order chi connectivity index (χ1) is 13.6. The van der Waals surface area contributed by atoms with Crippen LogP contribution in [0.2, 0.25) is 0 Å². The molecule has 0 radical (unpaired) electrons. The number of anilines is 1. The van der Waals surface area contributed by atoms with Gasteiger partial charge in [-0.2, -0.15) is 4.98 Å². The number of aromatic nitrogens is 4. The van der Waals surface area contributed by atoms with Gasteiger partial charge in [-0.3, -0.25) is 4.57 Å². The van der Waals surface area contributed by atoms with Gasteiger partial charge in [0, 0.05) is 13.0 Å². The molecular weight excluding hydrogens is 362 g/mol. The van der Waals surface area contributed by atoms with Crippen molar-refractivity contribution in [3.63, 3.8) is 0 Å². The number of nitrogens with zero attached hydrogens (tertiary/aromatic N) is 4. The topological polar surface area (TPSA) is 128 Å². The number of hydrogen-bond acceptors (Lipinski definition) is 7. The van der Waals surface area contributed by atoms with Gasteiger partial charge in [-0.1, -0.05) is 42.5 Å². The minimum Gasteiger partial charge on any atom is -0.394 e. The molecule has 1 aliphatic rings. The molecular formula is C19H21N5O4. The van der Waals surface area contributed by atoms with Gasteiger partial charge >= 0.3 is 5.69 Å². The van der Waals surface area contributed by atoms with Crippen molar-refractivity contribution in [2.24, 2.45) is 0 Å². The van der Waals surface area contributed by atoms with E-state index in [2.05, 4.69) is 9.97 Å². The molecule has 0 saturated carbocycles. The number of rotatable bonds is 5. The fourth-order valence-electron chi connectivity index (χ4n) is 3.41. The van der Waals surface area contributed by atoms with Crippen molar-refractivity contribution < 1.29 is 14.9 Å². The minimum atomic E-state index is -0.944. The van der Waals surface area contributed by atoms with Crippen LogP contribution in [0.4, 0.5) is 5.95 Å². The van der Waals surface area contributed by atoms with E-state index < -0.39 is 24.1 Å². The molecule has 3 aromatic rings. The summed E-state index contributed by atoms with van der Waals surface area (Å²) in [6.07, 6.45) is 3.06. The molecule has 146 valence electrons. The fraction of sp³-hybridized carbons (Fsp3) is 0.316. The second-order valence-electron chi connectivity index (χ2n) is 6.65. The second kappa shape index (κ2) is 7.55. The first-order valence-corrected chi connectivity index (χ1v) is 8.97. The van der Waals surface area contributed by atoms with Crippen molar-refractivity contribution in [1.29, 1.82) is 0 Å². The van der Waals surface area contributed by atoms with Crippen LogP contribution in [-0.2, 0) is 11.3 Å². The summed E-state index contributed by atoms with van der Waals surface area (Å²) in [6, 6.07) is 9.73. The van der Waals surface area contributed by atoms with Crippen LogP contribution in [0.15, 0.2) is 47.4 Å². The molecule has 0 amide bonds. The van der Waals surface area contributed by atoms with Gasteiger partial charge in [0.25, 0.3) is 0 Å². The molecule has 3 atom stereocenters. The fourth-order valence-corrected chi connectivity index (χ4v) is 3.41. The first-order valence-electron chi connectivity index (χ1n) is 8.97. The van der Waals surface area contributed by atoms with Crippen LogP contribution in [0.1, 0.15) is 18.2 Å². The Morgan fingerprint density at radius 3 is 2.82 bits per heavy atom. The summed E-state index contributed by atoms with van der Waals surface area (Å²) in [7, 11) is 0. The molecule has 1 saturated heterocycles. The Morgan fingerprint density at radius 2 is 2.11 bits per heavy atom. The smallest absolute Gasteiger partial charge is 0.332 e. The van der Waals surface area contributed by atoms with Crippen LogP contribution in [0.5, 0.6) is 0 Å². The number of fused-ring (bicyclic) bond motifs is 1. The monoisotopic (exact) mass is 383 g/mol. The summed E-state index contributed by atoms with van der Waals surface area (Å²) in [4.78, 5) is 21.3. The van der Waals surface area contributed by atoms with E-state index >= 15 is 0 Å². The molecule has 9 nitrogen and oxygen atoms in total. The average Bonchev–Trinajstić information content (AvgIpc) is 3.19. The van der Waals surface area contributed by atoms with E-state index in [-0.39, 0.29) is 31.2 Å². The maximum Gasteiger partial charge on any atom is 0.332 e. The Balaban J connectivity index is 1.74. The predicted octanol–water partition coefficient (Wildman–Crippen LogP) is 0.529. The Kier molecular flexibility index (Phi) is 4.95. The lowest BCUT2D eigenvalue weighted by molar-refractivity contribution is -0.0505. The molecule has 0 spiro atoms. The number of aliphatic hydroxyl groups excluding tert-OH is 2. The number of benzene rings is 1. The molecule has 0 bridgehead atoms. The number of aliphatic hydroxyl groups is 2. The maximum atomic E-state index is 13.1. The van der Waals surface area contributed by atoms with Crippen LogP contribution in [0.25, 0.3) is 17.2 Å². The molecule has 3 heterocycles. The summed E-state index contributed by atoms with van der Waals surface area (Å²) in [5.41, 5.74) is 7.10. The van der Waals surface area contributed by atoms with Crippen molar-refractivity contribution in [2.45, 2.75) is 31.4 Å². The van der Waals surface area contributed by atoms with Crippen molar-refractivity contribution in [1.82, 2.24) is 19.1 Å². The molecule has 1 fully saturated rings. The van der Waals surface area contributed by atoms with Crippen LogP contribution < -0.4 is 11.4 Å². The highest BCUT2D eigenvalue weighted by Gasteiger charge is 2.37. The summed E-state index contributed by atoms with van der Waals surface area (Å²) in [5, 5.41) is 19.7. The molecule has 4 N–H and O–H groups in total. The first kappa shape index (κ1) is 18.4. The third-order valence-corrected chi connectivity index (χ3v) is 4.75. The molecule has 1 aliphatic heterocycles. The molecule has 2 aromatic heterocycles. The van der Waals surface area contributed by atoms with E-state index in [0.717, 1.165) is 5.56 Å². The minimum absolute atomic E-state index is 0.0180. The molecule has 1 aromatic carbocycles. The summed E-state index contributed by atoms with van der Waals surface area (Å²) in [5.74, 6) is 0.0180. The van der Waals surface area contributed by atoms with Crippen molar-refractivity contribution in [2.75, 3.05) is 12.3 Å². The lowest BCUT2D eigenvalue weighted by atomic mass is 10.2. The van der Waals surface area contributed by atoms with Gasteiger partial charge in [-0.15, -0.1) is 0 Å². The standard InChI is InChI=1S/C19H21N5O4/c20-18-21-10-14-16(22-18)24(17-15(26)9-13(11-25)28-17)19(27)23(14)8-4-7-12-5-2-1-3-6-12/h1-7,10,13,15,17,25-26H,8-9,11H2,(H2,20,21,22)/b7-4+/t13-,15+,17+/m0/s1. The molecule has 9 heteroatoms. The zero-order valence-corrected chi connectivity index (χ0v) is 15.0. The van der Waals surface area contributed by atoms with Crippen LogP contribution in [0, 0.1) is 0 Å². The van der Waals surface area contributed by atoms with E-state index in [4.69, 9.17) is 10.5 Å². The quantitative estimate of drug-likeness (QED) is 0.586. The number of allylic oxidation sites excluding steroid dienone is 1. The van der Waals surface area contributed by atoms with Crippen molar-refractivity contribution in [3.05, 3.63) is 58.7 Å². The third kappa shape index (κ3) is 3.31. The third-order valence-electron chi connectivity index (χ3n) is 4.75. The van der Waals surface area contributed by atoms with Crippen molar-refractivity contribution >= 4 is 23.2 Å². The number of hydrogen-bond donors (Lipinski definition) is 3. The van der Waals surface area contributed by atoms with Gasteiger partial charge in [-0.25, -0.2) is 14.3 Å². The highest BCUT2D eigenvalue weighted by molar-refractivity contribution is 5.72. The maximum absolute atomic E-state index is 13.1. The van der Waals surface area contributed by atoms with Crippen LogP contribution in [-0.4, -0.2) is 48.1 Å². The SMILES string of the molecule is Nc1ncc2c(n1)n([C@@H]1O[C@H](CO)C[C@H]1O)c(=O)n2C/C=C/c1ccccc1. The number of nitrogens with two attached hydrogens (primary N) is 1. The van der Waals surface area contributed by atoms with Crippen LogP contribution >= 0.6 is 0 Å². The number of imidazole rings is 1. The van der Waals surface area contributed by atoms with Crippen LogP contribution in [0.3, 0.4) is 0 Å². The van der Waals surface area contributed by atoms with Gasteiger partial charge in [0.1, 0.15) is 11.6 Å². The zero-order valence-electron chi connectivity index (χ0n) is 15.0. The predicted molar refractivity (Wildman–Crippen MR) is 103 cm³/mol. The Hall–Kier alpha value is -3.01. The van der Waals surface area contributed by atoms with Gasteiger partial charge in [0.15, 0.2) is 11.9 Å². The molecule has 28 heavy (non-hydrogen) atoms. The van der Waals surface area contributed by atoms with E-state index in [0.29, 0.717) is 5.52 Å². The Labute approximate surface area is 160 Å². The lowest BCUT2D eigenvalue weighted by Gasteiger charge is -2.15. The van der Waals surface area contributed by atoms with E-state index in [9.17, 15) is 15.0 Å². The average molecular weight is 383 g/mol. The van der Waals surface area contributed by atoms with Gasteiger partial charge in [-0.05, 0) is 5.56 Å². The summed E-state index contributed by atoms with van der Waals surface area (Å²) in [6.45, 7) is 0.0502. The van der Waals surface area contributed by atoms with Crippen molar-refractivity contribution in [3.8, 4) is 0 Å². The molecule has 0 unspecified atom stereocenters. The highest BCUT2D eigenvalue weighted by atomic mass is 16.5. The van der Waals surface area contributed by atoms with Gasteiger partial charge in [0.2, 0.25) is 5.95 Å². The van der Waals surface area contributed by atoms with E-state index in [1.807, 2.05) is 42.5 Å². The number of nitrogen functional groups attached to an aromatic ring is 1. The number of ether oxygens (including phenoxy) is 1. The Bertz CT molecular complexity index is 1060. The summed E-state index contributed by atoms with van der Waals surface area (Å²) < 4.78 is 8.43. The van der Waals surface area contributed by atoms with E-state index in [1.165, 1.54) is 15.3 Å². The molecule has 4 rings (SSSR count). The summed E-state index contributed by atoms with van der Waals surface area (Å²) >= 11 is 0. The van der Waals surface area contributed by atoms with Gasteiger partial charge < -0.3 is 20.7 Å². The zero-order chi connectivity index (χ0) is 19.7. The lowest BCUT2D eigenvalue weighted by Crippen LogP contribution is -2.32. The van der Waals surface area contributed by atoms with E-state index in [1.54, 1.807) is 0 Å². The Morgan fingerprint density at radius 1 is 1.32 bits per heavy atom. The largest absolute Gasteiger partial charge is 0.394 e. The normalized spacial score (nSPS) is 22.4. The molecule has 0 aliphatic carbocycles.